The van der Waals surface area contributed by atoms with Gasteiger partial charge in [-0.2, -0.15) is 4.31 Å². The fourth-order valence-corrected chi connectivity index (χ4v) is 5.80. The van der Waals surface area contributed by atoms with Gasteiger partial charge >= 0.3 is 0 Å². The highest BCUT2D eigenvalue weighted by Crippen LogP contribution is 2.32. The molecule has 1 atom stereocenters. The molecular weight excluding hydrogens is 406 g/mol. The number of hydrogen-bond donors (Lipinski definition) is 1. The van der Waals surface area contributed by atoms with E-state index < -0.39 is 10.0 Å². The second-order valence-electron chi connectivity index (χ2n) is 7.11. The number of thiazole rings is 1. The van der Waals surface area contributed by atoms with Crippen LogP contribution in [0.2, 0.25) is 0 Å². The minimum absolute atomic E-state index is 0.122. The predicted molar refractivity (Wildman–Crippen MR) is 117 cm³/mol. The Hall–Kier alpha value is -2.29. The SMILES string of the molecule is C=CCN(CC=C)S(=O)(=O)c1ccc(C(=O)Nc2nc3c(s2)CC(C)CC3)cc1. The number of nitrogens with one attached hydrogen (secondary N) is 1. The smallest absolute Gasteiger partial charge is 0.257 e. The summed E-state index contributed by atoms with van der Waals surface area (Å²) in [6, 6.07) is 5.91. The first kappa shape index (κ1) is 21.4. The number of aryl methyl sites for hydroxylation is 1. The van der Waals surface area contributed by atoms with Crippen LogP contribution in [0.5, 0.6) is 0 Å². The van der Waals surface area contributed by atoms with Crippen molar-refractivity contribution in [3.8, 4) is 0 Å². The molecule has 0 radical (unpaired) electrons. The zero-order valence-corrected chi connectivity index (χ0v) is 18.1. The Morgan fingerprint density at radius 2 is 1.93 bits per heavy atom. The zero-order chi connectivity index (χ0) is 21.0. The van der Waals surface area contributed by atoms with E-state index in [0.29, 0.717) is 16.6 Å². The van der Waals surface area contributed by atoms with Crippen molar-refractivity contribution in [3.63, 3.8) is 0 Å². The third-order valence-electron chi connectivity index (χ3n) is 4.83. The molecule has 0 saturated heterocycles. The molecule has 1 unspecified atom stereocenters. The number of anilines is 1. The van der Waals surface area contributed by atoms with Crippen molar-refractivity contribution in [2.75, 3.05) is 18.4 Å². The summed E-state index contributed by atoms with van der Waals surface area (Å²) < 4.78 is 26.8. The molecule has 0 bridgehead atoms. The summed E-state index contributed by atoms with van der Waals surface area (Å²) in [4.78, 5) is 18.5. The van der Waals surface area contributed by atoms with Gasteiger partial charge in [0, 0.05) is 23.5 Å². The van der Waals surface area contributed by atoms with Crippen molar-refractivity contribution in [1.82, 2.24) is 9.29 Å². The number of amides is 1. The summed E-state index contributed by atoms with van der Waals surface area (Å²) in [6.07, 6.45) is 6.12. The Balaban J connectivity index is 1.73. The Bertz CT molecular complexity index is 1000. The highest BCUT2D eigenvalue weighted by atomic mass is 32.2. The molecule has 154 valence electrons. The lowest BCUT2D eigenvalue weighted by Crippen LogP contribution is -2.31. The number of carbonyl (C=O) groups excluding carboxylic acids is 1. The molecule has 3 rings (SSSR count). The molecule has 1 aliphatic rings. The lowest BCUT2D eigenvalue weighted by atomic mass is 9.93. The Kier molecular flexibility index (Phi) is 6.66. The van der Waals surface area contributed by atoms with Gasteiger partial charge in [0.05, 0.1) is 10.6 Å². The number of rotatable bonds is 8. The summed E-state index contributed by atoms with van der Waals surface area (Å²) in [5, 5.41) is 3.43. The van der Waals surface area contributed by atoms with E-state index in [2.05, 4.69) is 30.4 Å². The zero-order valence-electron chi connectivity index (χ0n) is 16.4. The van der Waals surface area contributed by atoms with Crippen LogP contribution in [0.1, 0.15) is 34.3 Å². The fourth-order valence-electron chi connectivity index (χ4n) is 3.25. The molecule has 0 saturated carbocycles. The van der Waals surface area contributed by atoms with Crippen LogP contribution >= 0.6 is 11.3 Å². The lowest BCUT2D eigenvalue weighted by molar-refractivity contribution is 0.102. The number of aromatic nitrogens is 1. The van der Waals surface area contributed by atoms with Crippen LogP contribution in [-0.2, 0) is 22.9 Å². The molecule has 1 heterocycles. The van der Waals surface area contributed by atoms with Crippen LogP contribution in [0.25, 0.3) is 0 Å². The van der Waals surface area contributed by atoms with E-state index in [1.54, 1.807) is 0 Å². The Labute approximate surface area is 176 Å². The molecule has 0 spiro atoms. The summed E-state index contributed by atoms with van der Waals surface area (Å²) in [7, 11) is -3.69. The van der Waals surface area contributed by atoms with E-state index in [4.69, 9.17) is 0 Å². The predicted octanol–water partition coefficient (Wildman–Crippen LogP) is 3.88. The molecular formula is C21H25N3O3S2. The van der Waals surface area contributed by atoms with Crippen LogP contribution in [0.4, 0.5) is 5.13 Å². The van der Waals surface area contributed by atoms with Gasteiger partial charge in [-0.25, -0.2) is 13.4 Å². The molecule has 1 amide bonds. The molecule has 1 aromatic heterocycles. The van der Waals surface area contributed by atoms with Gasteiger partial charge in [-0.05, 0) is 49.4 Å². The first-order valence-corrected chi connectivity index (χ1v) is 11.7. The maximum atomic E-state index is 12.7. The molecule has 8 heteroatoms. The number of benzene rings is 1. The standard InChI is InChI=1S/C21H25N3O3S2/c1-4-12-24(13-5-2)29(26,27)17-9-7-16(8-10-17)20(25)23-21-22-18-11-6-15(3)14-19(18)28-21/h4-5,7-10,15H,1-2,6,11-14H2,3H3,(H,22,23,25). The molecule has 6 nitrogen and oxygen atoms in total. The topological polar surface area (TPSA) is 79.4 Å². The first-order valence-electron chi connectivity index (χ1n) is 9.47. The van der Waals surface area contributed by atoms with E-state index >= 15 is 0 Å². The van der Waals surface area contributed by atoms with Crippen molar-refractivity contribution in [1.29, 1.82) is 0 Å². The van der Waals surface area contributed by atoms with Crippen LogP contribution in [0.3, 0.4) is 0 Å². The molecule has 1 aromatic carbocycles. The lowest BCUT2D eigenvalue weighted by Gasteiger charge is -2.19. The average Bonchev–Trinajstić information content (AvgIpc) is 3.09. The molecule has 0 aliphatic heterocycles. The monoisotopic (exact) mass is 431 g/mol. The molecule has 1 aliphatic carbocycles. The Morgan fingerprint density at radius 1 is 1.28 bits per heavy atom. The minimum atomic E-state index is -3.69. The van der Waals surface area contributed by atoms with E-state index in [1.807, 2.05) is 0 Å². The quantitative estimate of drug-likeness (QED) is 0.643. The van der Waals surface area contributed by atoms with Crippen molar-refractivity contribution < 1.29 is 13.2 Å². The highest BCUT2D eigenvalue weighted by Gasteiger charge is 2.23. The largest absolute Gasteiger partial charge is 0.298 e. The van der Waals surface area contributed by atoms with Crippen LogP contribution in [-0.4, -0.2) is 36.7 Å². The van der Waals surface area contributed by atoms with Gasteiger partial charge < -0.3 is 0 Å². The molecule has 2 aromatic rings. The van der Waals surface area contributed by atoms with Crippen LogP contribution < -0.4 is 5.32 Å². The average molecular weight is 432 g/mol. The second-order valence-corrected chi connectivity index (χ2v) is 10.1. The number of fused-ring (bicyclic) bond motifs is 1. The van der Waals surface area contributed by atoms with Gasteiger partial charge in [-0.3, -0.25) is 10.1 Å². The van der Waals surface area contributed by atoms with E-state index in [1.165, 1.54) is 56.9 Å². The molecule has 29 heavy (non-hydrogen) atoms. The van der Waals surface area contributed by atoms with Crippen molar-refractivity contribution in [2.24, 2.45) is 5.92 Å². The van der Waals surface area contributed by atoms with Gasteiger partial charge in [0.15, 0.2) is 5.13 Å². The summed E-state index contributed by atoms with van der Waals surface area (Å²) in [6.45, 7) is 9.79. The minimum Gasteiger partial charge on any atom is -0.298 e. The summed E-state index contributed by atoms with van der Waals surface area (Å²) in [5.74, 6) is 0.338. The van der Waals surface area contributed by atoms with Gasteiger partial charge in [0.1, 0.15) is 0 Å². The Morgan fingerprint density at radius 3 is 2.55 bits per heavy atom. The van der Waals surface area contributed by atoms with Gasteiger partial charge in [0.25, 0.3) is 5.91 Å². The van der Waals surface area contributed by atoms with Crippen molar-refractivity contribution in [2.45, 2.75) is 31.1 Å². The fraction of sp³-hybridized carbons (Fsp3) is 0.333. The first-order chi connectivity index (χ1) is 13.8. The van der Waals surface area contributed by atoms with Crippen molar-refractivity contribution in [3.05, 3.63) is 65.7 Å². The maximum absolute atomic E-state index is 12.7. The number of sulfonamides is 1. The van der Waals surface area contributed by atoms with Crippen molar-refractivity contribution >= 4 is 32.4 Å². The third kappa shape index (κ3) is 4.83. The number of carbonyl (C=O) groups is 1. The van der Waals surface area contributed by atoms with E-state index in [-0.39, 0.29) is 23.9 Å². The van der Waals surface area contributed by atoms with Gasteiger partial charge in [-0.1, -0.05) is 19.1 Å². The summed E-state index contributed by atoms with van der Waals surface area (Å²) in [5.41, 5.74) is 1.46. The summed E-state index contributed by atoms with van der Waals surface area (Å²) >= 11 is 1.52. The third-order valence-corrected chi connectivity index (χ3v) is 7.71. The second kappa shape index (κ2) is 9.02. The normalized spacial score (nSPS) is 16.3. The number of nitrogens with zero attached hydrogens (tertiary/aromatic N) is 2. The van der Waals surface area contributed by atoms with Crippen LogP contribution in [0.15, 0.2) is 54.5 Å². The maximum Gasteiger partial charge on any atom is 0.257 e. The van der Waals surface area contributed by atoms with Gasteiger partial charge in [-0.15, -0.1) is 24.5 Å². The highest BCUT2D eigenvalue weighted by molar-refractivity contribution is 7.89. The van der Waals surface area contributed by atoms with Crippen LogP contribution in [0, 0.1) is 5.92 Å². The van der Waals surface area contributed by atoms with E-state index in [9.17, 15) is 13.2 Å². The molecule has 1 N–H and O–H groups in total. The molecule has 0 fully saturated rings. The van der Waals surface area contributed by atoms with Gasteiger partial charge in [0.2, 0.25) is 10.0 Å². The number of hydrogen-bond acceptors (Lipinski definition) is 5. The van der Waals surface area contributed by atoms with E-state index in [0.717, 1.165) is 25.0 Å².